The molecule has 0 fully saturated rings. The Balaban J connectivity index is 1.98. The van der Waals surface area contributed by atoms with E-state index in [1.165, 1.54) is 48.6 Å². The number of unbranched alkanes of at least 4 members (excludes halogenated alkanes) is 4. The molecule has 1 unspecified atom stereocenters. The number of imidazole rings is 1. The summed E-state index contributed by atoms with van der Waals surface area (Å²) in [5, 5.41) is 0. The van der Waals surface area contributed by atoms with Crippen molar-refractivity contribution in [2.45, 2.75) is 57.9 Å². The zero-order valence-corrected chi connectivity index (χ0v) is 14.4. The predicted octanol–water partition coefficient (Wildman–Crippen LogP) is 5.79. The number of aromatic nitrogens is 2. The molecule has 1 heterocycles. The fraction of sp³-hybridized carbons (Fsp3) is 0.500. The van der Waals surface area contributed by atoms with Crippen molar-refractivity contribution in [3.8, 4) is 0 Å². The van der Waals surface area contributed by atoms with Crippen LogP contribution in [0.4, 0.5) is 0 Å². The third-order valence-electron chi connectivity index (χ3n) is 3.99. The van der Waals surface area contributed by atoms with Crippen molar-refractivity contribution in [3.63, 3.8) is 0 Å². The molecule has 0 aliphatic carbocycles. The molecule has 0 bridgehead atoms. The van der Waals surface area contributed by atoms with E-state index in [4.69, 9.17) is 0 Å². The van der Waals surface area contributed by atoms with Crippen LogP contribution in [0.2, 0.25) is 0 Å². The van der Waals surface area contributed by atoms with Gasteiger partial charge in [0, 0.05) is 29.3 Å². The number of benzene rings is 1. The van der Waals surface area contributed by atoms with E-state index in [1.807, 2.05) is 12.5 Å². The Morgan fingerprint density at radius 2 is 1.95 bits per heavy atom. The standard InChI is InChI=1S/C18H25BrN2/c1-2-3-4-5-6-9-16(14-21-13-12-20-15-21)17-10-7-8-11-18(17)19/h7-8,10-13,15-16H,2-6,9,14H2,1H3. The number of hydrogen-bond acceptors (Lipinski definition) is 1. The highest BCUT2D eigenvalue weighted by Gasteiger charge is 2.14. The molecule has 0 amide bonds. The molecule has 2 aromatic rings. The van der Waals surface area contributed by atoms with Gasteiger partial charge in [-0.05, 0) is 18.1 Å². The summed E-state index contributed by atoms with van der Waals surface area (Å²) in [7, 11) is 0. The largest absolute Gasteiger partial charge is 0.337 e. The molecule has 1 aromatic carbocycles. The van der Waals surface area contributed by atoms with Crippen LogP contribution in [-0.4, -0.2) is 9.55 Å². The van der Waals surface area contributed by atoms with Crippen LogP contribution in [0.15, 0.2) is 47.5 Å². The molecule has 2 rings (SSSR count). The minimum absolute atomic E-state index is 0.552. The molecule has 0 spiro atoms. The summed E-state index contributed by atoms with van der Waals surface area (Å²) >= 11 is 3.71. The molecule has 1 atom stereocenters. The van der Waals surface area contributed by atoms with Crippen molar-refractivity contribution in [1.82, 2.24) is 9.55 Å². The second-order valence-electron chi connectivity index (χ2n) is 5.68. The summed E-state index contributed by atoms with van der Waals surface area (Å²) in [6.45, 7) is 3.28. The summed E-state index contributed by atoms with van der Waals surface area (Å²) in [5.74, 6) is 0.552. The van der Waals surface area contributed by atoms with Crippen LogP contribution in [-0.2, 0) is 6.54 Å². The van der Waals surface area contributed by atoms with Crippen LogP contribution in [0.1, 0.15) is 56.9 Å². The minimum Gasteiger partial charge on any atom is -0.337 e. The SMILES string of the molecule is CCCCCCCC(Cn1ccnc1)c1ccccc1Br. The zero-order valence-electron chi connectivity index (χ0n) is 12.8. The number of halogens is 1. The smallest absolute Gasteiger partial charge is 0.0946 e. The normalized spacial score (nSPS) is 12.5. The Morgan fingerprint density at radius 3 is 2.67 bits per heavy atom. The topological polar surface area (TPSA) is 17.8 Å². The van der Waals surface area contributed by atoms with Gasteiger partial charge in [-0.25, -0.2) is 4.98 Å². The van der Waals surface area contributed by atoms with E-state index in [2.05, 4.69) is 62.9 Å². The van der Waals surface area contributed by atoms with Crippen LogP contribution in [0, 0.1) is 0 Å². The third-order valence-corrected chi connectivity index (χ3v) is 4.71. The second kappa shape index (κ2) is 9.04. The molecule has 0 saturated carbocycles. The van der Waals surface area contributed by atoms with Gasteiger partial charge in [0.2, 0.25) is 0 Å². The quantitative estimate of drug-likeness (QED) is 0.524. The molecule has 21 heavy (non-hydrogen) atoms. The molecule has 0 aliphatic rings. The van der Waals surface area contributed by atoms with Gasteiger partial charge in [0.1, 0.15) is 0 Å². The molecule has 0 radical (unpaired) electrons. The molecule has 3 heteroatoms. The first-order valence-electron chi connectivity index (χ1n) is 8.01. The monoisotopic (exact) mass is 348 g/mol. The van der Waals surface area contributed by atoms with Crippen molar-refractivity contribution < 1.29 is 0 Å². The van der Waals surface area contributed by atoms with Crippen molar-refractivity contribution >= 4 is 15.9 Å². The second-order valence-corrected chi connectivity index (χ2v) is 6.54. The van der Waals surface area contributed by atoms with Gasteiger partial charge in [0.05, 0.1) is 6.33 Å². The van der Waals surface area contributed by atoms with Crippen LogP contribution < -0.4 is 0 Å². The first-order valence-corrected chi connectivity index (χ1v) is 8.80. The maximum atomic E-state index is 4.16. The van der Waals surface area contributed by atoms with Crippen LogP contribution in [0.3, 0.4) is 0 Å². The Bertz CT molecular complexity index is 508. The third kappa shape index (κ3) is 5.31. The van der Waals surface area contributed by atoms with Gasteiger partial charge in [-0.15, -0.1) is 0 Å². The number of rotatable bonds is 9. The molecule has 114 valence electrons. The Morgan fingerprint density at radius 1 is 1.14 bits per heavy atom. The van der Waals surface area contributed by atoms with E-state index in [0.717, 1.165) is 6.54 Å². The van der Waals surface area contributed by atoms with Crippen molar-refractivity contribution in [3.05, 3.63) is 53.0 Å². The minimum atomic E-state index is 0.552. The molecule has 0 N–H and O–H groups in total. The molecule has 0 aliphatic heterocycles. The fourth-order valence-corrected chi connectivity index (χ4v) is 3.40. The average Bonchev–Trinajstić information content (AvgIpc) is 2.99. The van der Waals surface area contributed by atoms with E-state index in [1.54, 1.807) is 0 Å². The van der Waals surface area contributed by atoms with E-state index < -0.39 is 0 Å². The molecule has 1 aromatic heterocycles. The van der Waals surface area contributed by atoms with E-state index in [9.17, 15) is 0 Å². The molecule has 2 nitrogen and oxygen atoms in total. The Kier molecular flexibility index (Phi) is 7.01. The first kappa shape index (κ1) is 16.3. The molecular formula is C18H25BrN2. The van der Waals surface area contributed by atoms with Crippen LogP contribution >= 0.6 is 15.9 Å². The highest BCUT2D eigenvalue weighted by Crippen LogP contribution is 2.30. The van der Waals surface area contributed by atoms with Gasteiger partial charge >= 0.3 is 0 Å². The highest BCUT2D eigenvalue weighted by atomic mass is 79.9. The van der Waals surface area contributed by atoms with Gasteiger partial charge in [0.15, 0.2) is 0 Å². The highest BCUT2D eigenvalue weighted by molar-refractivity contribution is 9.10. The first-order chi connectivity index (χ1) is 10.3. The lowest BCUT2D eigenvalue weighted by Gasteiger charge is -2.19. The summed E-state index contributed by atoms with van der Waals surface area (Å²) < 4.78 is 3.42. The lowest BCUT2D eigenvalue weighted by Crippen LogP contribution is -2.09. The molecule has 0 saturated heterocycles. The fourth-order valence-electron chi connectivity index (χ4n) is 2.79. The summed E-state index contributed by atoms with van der Waals surface area (Å²) in [4.78, 5) is 4.16. The molecular weight excluding hydrogens is 324 g/mol. The van der Waals surface area contributed by atoms with Gasteiger partial charge in [-0.2, -0.15) is 0 Å². The predicted molar refractivity (Wildman–Crippen MR) is 92.5 cm³/mol. The van der Waals surface area contributed by atoms with Gasteiger partial charge < -0.3 is 4.57 Å². The lowest BCUT2D eigenvalue weighted by molar-refractivity contribution is 0.487. The summed E-state index contributed by atoms with van der Waals surface area (Å²) in [6.07, 6.45) is 13.8. The van der Waals surface area contributed by atoms with Crippen molar-refractivity contribution in [1.29, 1.82) is 0 Å². The summed E-state index contributed by atoms with van der Waals surface area (Å²) in [6, 6.07) is 8.62. The van der Waals surface area contributed by atoms with Gasteiger partial charge in [0.25, 0.3) is 0 Å². The Hall–Kier alpha value is -1.09. The van der Waals surface area contributed by atoms with E-state index >= 15 is 0 Å². The van der Waals surface area contributed by atoms with Crippen molar-refractivity contribution in [2.75, 3.05) is 0 Å². The Labute approximate surface area is 136 Å². The van der Waals surface area contributed by atoms with Crippen LogP contribution in [0.25, 0.3) is 0 Å². The summed E-state index contributed by atoms with van der Waals surface area (Å²) in [5.41, 5.74) is 1.42. The maximum absolute atomic E-state index is 4.16. The average molecular weight is 349 g/mol. The lowest BCUT2D eigenvalue weighted by atomic mass is 9.92. The zero-order chi connectivity index (χ0) is 14.9. The van der Waals surface area contributed by atoms with Crippen molar-refractivity contribution in [2.24, 2.45) is 0 Å². The maximum Gasteiger partial charge on any atom is 0.0946 e. The number of hydrogen-bond donors (Lipinski definition) is 0. The van der Waals surface area contributed by atoms with E-state index in [0.29, 0.717) is 5.92 Å². The van der Waals surface area contributed by atoms with Gasteiger partial charge in [-0.1, -0.05) is 73.2 Å². The number of nitrogens with zero attached hydrogens (tertiary/aromatic N) is 2. The van der Waals surface area contributed by atoms with Gasteiger partial charge in [-0.3, -0.25) is 0 Å². The van der Waals surface area contributed by atoms with E-state index in [-0.39, 0.29) is 0 Å². The van der Waals surface area contributed by atoms with Crippen LogP contribution in [0.5, 0.6) is 0 Å².